The molecule has 140 valence electrons. The number of ether oxygens (including phenoxy) is 1. The molecule has 1 aromatic heterocycles. The molecule has 4 rings (SSSR count). The van der Waals surface area contributed by atoms with Crippen LogP contribution in [0.5, 0.6) is 5.75 Å². The standard InChI is InChI=1S/C19H19N3O4S/c1-25-16-8-4-5-9-17(16)27(23,24)22-15-7-3-2-6-14(15)12-18-20-19(21-26-18)13-10-11-13/h2-9,13,22H,10-12H2,1H3. The molecule has 0 bridgehead atoms. The van der Waals surface area contributed by atoms with Crippen molar-refractivity contribution in [2.24, 2.45) is 0 Å². The Bertz CT molecular complexity index is 1060. The summed E-state index contributed by atoms with van der Waals surface area (Å²) in [5, 5.41) is 4.01. The average molecular weight is 385 g/mol. The summed E-state index contributed by atoms with van der Waals surface area (Å²) >= 11 is 0. The lowest BCUT2D eigenvalue weighted by Gasteiger charge is -2.13. The van der Waals surface area contributed by atoms with E-state index in [4.69, 9.17) is 9.26 Å². The molecule has 0 amide bonds. The number of nitrogens with one attached hydrogen (secondary N) is 1. The first-order valence-electron chi connectivity index (χ1n) is 8.63. The molecule has 0 atom stereocenters. The van der Waals surface area contributed by atoms with Crippen LogP contribution in [0.25, 0.3) is 0 Å². The Balaban J connectivity index is 1.60. The molecule has 0 radical (unpaired) electrons. The van der Waals surface area contributed by atoms with Crippen LogP contribution in [0.15, 0.2) is 57.9 Å². The third-order valence-corrected chi connectivity index (χ3v) is 5.79. The van der Waals surface area contributed by atoms with E-state index >= 15 is 0 Å². The number of rotatable bonds is 7. The molecule has 27 heavy (non-hydrogen) atoms. The Morgan fingerprint density at radius 3 is 2.67 bits per heavy atom. The fraction of sp³-hybridized carbons (Fsp3) is 0.263. The number of sulfonamides is 1. The minimum Gasteiger partial charge on any atom is -0.495 e. The highest BCUT2D eigenvalue weighted by Gasteiger charge is 2.29. The Kier molecular flexibility index (Phi) is 4.57. The van der Waals surface area contributed by atoms with E-state index in [0.29, 0.717) is 23.9 Å². The van der Waals surface area contributed by atoms with Gasteiger partial charge in [-0.25, -0.2) is 8.42 Å². The summed E-state index contributed by atoms with van der Waals surface area (Å²) in [6.07, 6.45) is 2.53. The lowest BCUT2D eigenvalue weighted by atomic mass is 10.1. The van der Waals surface area contributed by atoms with Crippen molar-refractivity contribution in [3.05, 3.63) is 65.8 Å². The number of methoxy groups -OCH3 is 1. The van der Waals surface area contributed by atoms with Crippen LogP contribution in [-0.4, -0.2) is 25.7 Å². The third-order valence-electron chi connectivity index (χ3n) is 4.39. The van der Waals surface area contributed by atoms with Crippen molar-refractivity contribution < 1.29 is 17.7 Å². The van der Waals surface area contributed by atoms with Crippen LogP contribution >= 0.6 is 0 Å². The highest BCUT2D eigenvalue weighted by Crippen LogP contribution is 2.38. The number of hydrogen-bond acceptors (Lipinski definition) is 6. The minimum absolute atomic E-state index is 0.0797. The molecule has 1 aliphatic carbocycles. The second kappa shape index (κ2) is 7.03. The summed E-state index contributed by atoms with van der Waals surface area (Å²) in [4.78, 5) is 4.50. The number of benzene rings is 2. The number of aromatic nitrogens is 2. The van der Waals surface area contributed by atoms with Gasteiger partial charge < -0.3 is 9.26 Å². The first kappa shape index (κ1) is 17.5. The number of hydrogen-bond donors (Lipinski definition) is 1. The van der Waals surface area contributed by atoms with Gasteiger partial charge in [-0.2, -0.15) is 4.98 Å². The lowest BCUT2D eigenvalue weighted by molar-refractivity contribution is 0.379. The normalized spacial score (nSPS) is 14.1. The first-order chi connectivity index (χ1) is 13.1. The zero-order valence-corrected chi connectivity index (χ0v) is 15.6. The van der Waals surface area contributed by atoms with Gasteiger partial charge >= 0.3 is 0 Å². The summed E-state index contributed by atoms with van der Waals surface area (Å²) in [7, 11) is -2.37. The molecule has 2 aromatic carbocycles. The summed E-state index contributed by atoms with van der Waals surface area (Å²) < 4.78 is 38.8. The molecule has 1 saturated carbocycles. The maximum atomic E-state index is 12.8. The smallest absolute Gasteiger partial charge is 0.265 e. The van der Waals surface area contributed by atoms with Gasteiger partial charge in [0.25, 0.3) is 10.0 Å². The molecule has 0 unspecified atom stereocenters. The Morgan fingerprint density at radius 2 is 1.89 bits per heavy atom. The molecular formula is C19H19N3O4S. The predicted octanol–water partition coefficient (Wildman–Crippen LogP) is 3.35. The van der Waals surface area contributed by atoms with Crippen molar-refractivity contribution in [2.45, 2.75) is 30.1 Å². The Morgan fingerprint density at radius 1 is 1.15 bits per heavy atom. The monoisotopic (exact) mass is 385 g/mol. The van der Waals surface area contributed by atoms with Crippen molar-refractivity contribution in [1.82, 2.24) is 10.1 Å². The van der Waals surface area contributed by atoms with E-state index in [-0.39, 0.29) is 10.6 Å². The molecule has 0 saturated heterocycles. The van der Waals surface area contributed by atoms with E-state index in [9.17, 15) is 8.42 Å². The summed E-state index contributed by atoms with van der Waals surface area (Å²) in [6.45, 7) is 0. The third kappa shape index (κ3) is 3.80. The molecule has 7 nitrogen and oxygen atoms in total. The highest BCUT2D eigenvalue weighted by atomic mass is 32.2. The van der Waals surface area contributed by atoms with Crippen LogP contribution in [0.4, 0.5) is 5.69 Å². The largest absolute Gasteiger partial charge is 0.495 e. The van der Waals surface area contributed by atoms with Gasteiger partial charge in [0.1, 0.15) is 10.6 Å². The molecule has 8 heteroatoms. The van der Waals surface area contributed by atoms with E-state index < -0.39 is 10.0 Å². The second-order valence-electron chi connectivity index (χ2n) is 6.41. The van der Waals surface area contributed by atoms with Gasteiger partial charge in [-0.1, -0.05) is 35.5 Å². The fourth-order valence-corrected chi connectivity index (χ4v) is 4.10. The van der Waals surface area contributed by atoms with Gasteiger partial charge in [0.2, 0.25) is 5.89 Å². The zero-order chi connectivity index (χ0) is 18.9. The fourth-order valence-electron chi connectivity index (χ4n) is 2.82. The van der Waals surface area contributed by atoms with Crippen LogP contribution in [-0.2, 0) is 16.4 Å². The van der Waals surface area contributed by atoms with E-state index in [2.05, 4.69) is 14.9 Å². The molecule has 0 spiro atoms. The van der Waals surface area contributed by atoms with E-state index in [1.165, 1.54) is 13.2 Å². The van der Waals surface area contributed by atoms with Crippen molar-refractivity contribution in [3.63, 3.8) is 0 Å². The van der Waals surface area contributed by atoms with Crippen LogP contribution in [0.3, 0.4) is 0 Å². The van der Waals surface area contributed by atoms with Crippen LogP contribution < -0.4 is 9.46 Å². The molecule has 0 aliphatic heterocycles. The van der Waals surface area contributed by atoms with Crippen molar-refractivity contribution in [3.8, 4) is 5.75 Å². The second-order valence-corrected chi connectivity index (χ2v) is 8.06. The van der Waals surface area contributed by atoms with Gasteiger partial charge in [-0.05, 0) is 36.6 Å². The van der Waals surface area contributed by atoms with Gasteiger partial charge in [-0.3, -0.25) is 4.72 Å². The van der Waals surface area contributed by atoms with E-state index in [0.717, 1.165) is 24.2 Å². The highest BCUT2D eigenvalue weighted by molar-refractivity contribution is 7.92. The van der Waals surface area contributed by atoms with Crippen LogP contribution in [0, 0.1) is 0 Å². The first-order valence-corrected chi connectivity index (χ1v) is 10.1. The molecule has 3 aromatic rings. The topological polar surface area (TPSA) is 94.3 Å². The van der Waals surface area contributed by atoms with Crippen molar-refractivity contribution in [2.75, 3.05) is 11.8 Å². The quantitative estimate of drug-likeness (QED) is 0.670. The SMILES string of the molecule is COc1ccccc1S(=O)(=O)Nc1ccccc1Cc1nc(C2CC2)no1. The van der Waals surface area contributed by atoms with Gasteiger partial charge in [-0.15, -0.1) is 0 Å². The molecule has 1 N–H and O–H groups in total. The maximum Gasteiger partial charge on any atom is 0.265 e. The van der Waals surface area contributed by atoms with E-state index in [1.54, 1.807) is 30.3 Å². The van der Waals surface area contributed by atoms with Gasteiger partial charge in [0.15, 0.2) is 5.82 Å². The summed E-state index contributed by atoms with van der Waals surface area (Å²) in [6, 6.07) is 13.6. The van der Waals surface area contributed by atoms with Crippen LogP contribution in [0.1, 0.15) is 36.0 Å². The van der Waals surface area contributed by atoms with Gasteiger partial charge in [0.05, 0.1) is 19.2 Å². The Hall–Kier alpha value is -2.87. The van der Waals surface area contributed by atoms with E-state index in [1.807, 2.05) is 12.1 Å². The molecule has 1 heterocycles. The minimum atomic E-state index is -3.81. The zero-order valence-electron chi connectivity index (χ0n) is 14.8. The lowest BCUT2D eigenvalue weighted by Crippen LogP contribution is -2.15. The molecular weight excluding hydrogens is 366 g/mol. The van der Waals surface area contributed by atoms with Gasteiger partial charge in [0, 0.05) is 5.92 Å². The number of anilines is 1. The number of para-hydroxylation sites is 2. The van der Waals surface area contributed by atoms with Crippen LogP contribution in [0.2, 0.25) is 0 Å². The Labute approximate surface area is 157 Å². The predicted molar refractivity (Wildman–Crippen MR) is 99.3 cm³/mol. The molecule has 1 fully saturated rings. The maximum absolute atomic E-state index is 12.8. The number of nitrogens with zero attached hydrogens (tertiary/aromatic N) is 2. The van der Waals surface area contributed by atoms with Crippen molar-refractivity contribution >= 4 is 15.7 Å². The summed E-state index contributed by atoms with van der Waals surface area (Å²) in [5.41, 5.74) is 1.22. The van der Waals surface area contributed by atoms with Crippen molar-refractivity contribution in [1.29, 1.82) is 0 Å². The molecule has 1 aliphatic rings. The summed E-state index contributed by atoms with van der Waals surface area (Å²) in [5.74, 6) is 1.90. The average Bonchev–Trinajstić information content (AvgIpc) is 3.42.